The first kappa shape index (κ1) is 18.4. The van der Waals surface area contributed by atoms with Gasteiger partial charge in [0.05, 0.1) is 10.6 Å². The zero-order valence-electron chi connectivity index (χ0n) is 15.5. The van der Waals surface area contributed by atoms with E-state index in [0.717, 1.165) is 30.2 Å². The van der Waals surface area contributed by atoms with E-state index in [-0.39, 0.29) is 4.90 Å². The Bertz CT molecular complexity index is 1010. The highest BCUT2D eigenvalue weighted by molar-refractivity contribution is 7.92. The van der Waals surface area contributed by atoms with Crippen LogP contribution in [0.25, 0.3) is 11.3 Å². The summed E-state index contributed by atoms with van der Waals surface area (Å²) in [5, 5.41) is 8.71. The van der Waals surface area contributed by atoms with Gasteiger partial charge in [-0.25, -0.2) is 8.42 Å². The van der Waals surface area contributed by atoms with E-state index in [9.17, 15) is 8.42 Å². The van der Waals surface area contributed by atoms with Crippen molar-refractivity contribution in [2.24, 2.45) is 0 Å². The molecule has 2 heterocycles. The van der Waals surface area contributed by atoms with E-state index in [4.69, 9.17) is 0 Å². The summed E-state index contributed by atoms with van der Waals surface area (Å²) in [7, 11) is -3.59. The zero-order chi connectivity index (χ0) is 19.4. The number of hydrogen-bond donors (Lipinski definition) is 1. The lowest BCUT2D eigenvalue weighted by Gasteiger charge is -2.27. The molecule has 1 aliphatic heterocycles. The second-order valence-electron chi connectivity index (χ2n) is 6.82. The number of piperidine rings is 1. The lowest BCUT2D eigenvalue weighted by atomic mass is 10.1. The predicted octanol–water partition coefficient (Wildman–Crippen LogP) is 3.93. The number of nitrogens with zero attached hydrogens (tertiary/aromatic N) is 3. The molecular formula is C21H22N4O2S. The molecule has 1 aliphatic rings. The molecule has 0 amide bonds. The first-order chi connectivity index (χ1) is 13.6. The molecule has 0 spiro atoms. The van der Waals surface area contributed by atoms with Gasteiger partial charge < -0.3 is 4.90 Å². The van der Waals surface area contributed by atoms with Crippen molar-refractivity contribution in [3.05, 3.63) is 66.7 Å². The van der Waals surface area contributed by atoms with Crippen LogP contribution in [-0.2, 0) is 10.0 Å². The topological polar surface area (TPSA) is 75.2 Å². The summed E-state index contributed by atoms with van der Waals surface area (Å²) < 4.78 is 27.4. The summed E-state index contributed by atoms with van der Waals surface area (Å²) in [6.45, 7) is 2.06. The van der Waals surface area contributed by atoms with Crippen LogP contribution in [0.2, 0.25) is 0 Å². The molecule has 144 valence electrons. The van der Waals surface area contributed by atoms with Crippen molar-refractivity contribution in [2.75, 3.05) is 22.7 Å². The van der Waals surface area contributed by atoms with Gasteiger partial charge in [-0.2, -0.15) is 0 Å². The summed E-state index contributed by atoms with van der Waals surface area (Å²) in [6, 6.07) is 19.4. The van der Waals surface area contributed by atoms with Gasteiger partial charge in [-0.3, -0.25) is 4.72 Å². The first-order valence-electron chi connectivity index (χ1n) is 9.39. The van der Waals surface area contributed by atoms with Crippen molar-refractivity contribution in [2.45, 2.75) is 24.2 Å². The number of aromatic nitrogens is 2. The SMILES string of the molecule is O=S(=O)(Nc1ccc(-c2ccc(N3CCCCC3)nn2)cc1)c1ccccc1. The zero-order valence-corrected chi connectivity index (χ0v) is 16.3. The molecule has 4 rings (SSSR count). The van der Waals surface area contributed by atoms with Gasteiger partial charge in [-0.1, -0.05) is 30.3 Å². The highest BCUT2D eigenvalue weighted by Crippen LogP contribution is 2.23. The molecule has 7 heteroatoms. The van der Waals surface area contributed by atoms with E-state index in [2.05, 4.69) is 19.8 Å². The Balaban J connectivity index is 1.47. The van der Waals surface area contributed by atoms with Crippen molar-refractivity contribution in [1.29, 1.82) is 0 Å². The van der Waals surface area contributed by atoms with Crippen molar-refractivity contribution in [1.82, 2.24) is 10.2 Å². The minimum atomic E-state index is -3.59. The minimum absolute atomic E-state index is 0.234. The van der Waals surface area contributed by atoms with Crippen LogP contribution in [0.3, 0.4) is 0 Å². The third-order valence-corrected chi connectivity index (χ3v) is 6.21. The standard InChI is InChI=1S/C21H22N4O2S/c26-28(27,19-7-3-1-4-8-19)24-18-11-9-17(10-12-18)20-13-14-21(23-22-20)25-15-5-2-6-16-25/h1,3-4,7-14,24H,2,5-6,15-16H2. The van der Waals surface area contributed by atoms with Gasteiger partial charge in [0.25, 0.3) is 10.0 Å². The maximum Gasteiger partial charge on any atom is 0.261 e. The molecular weight excluding hydrogens is 372 g/mol. The van der Waals surface area contributed by atoms with E-state index in [1.807, 2.05) is 24.3 Å². The molecule has 6 nitrogen and oxygen atoms in total. The average molecular weight is 395 g/mol. The molecule has 1 aromatic heterocycles. The summed E-state index contributed by atoms with van der Waals surface area (Å²) in [6.07, 6.45) is 3.68. The van der Waals surface area contributed by atoms with Gasteiger partial charge in [0, 0.05) is 24.3 Å². The average Bonchev–Trinajstić information content (AvgIpc) is 2.75. The third-order valence-electron chi connectivity index (χ3n) is 4.82. The fraction of sp³-hybridized carbons (Fsp3) is 0.238. The first-order valence-corrected chi connectivity index (χ1v) is 10.9. The Kier molecular flexibility index (Phi) is 5.25. The van der Waals surface area contributed by atoms with Crippen LogP contribution in [0.1, 0.15) is 19.3 Å². The molecule has 0 unspecified atom stereocenters. The molecule has 0 aliphatic carbocycles. The molecule has 2 aromatic carbocycles. The molecule has 28 heavy (non-hydrogen) atoms. The van der Waals surface area contributed by atoms with E-state index in [0.29, 0.717) is 5.69 Å². The molecule has 0 bridgehead atoms. The molecule has 0 saturated carbocycles. The Morgan fingerprint density at radius 1 is 0.786 bits per heavy atom. The van der Waals surface area contributed by atoms with Gasteiger partial charge in [0.15, 0.2) is 5.82 Å². The number of benzene rings is 2. The second-order valence-corrected chi connectivity index (χ2v) is 8.50. The number of hydrogen-bond acceptors (Lipinski definition) is 5. The molecule has 1 fully saturated rings. The van der Waals surface area contributed by atoms with E-state index in [1.54, 1.807) is 42.5 Å². The van der Waals surface area contributed by atoms with Crippen molar-refractivity contribution in [3.63, 3.8) is 0 Å². The lowest BCUT2D eigenvalue weighted by molar-refractivity contribution is 0.571. The monoisotopic (exact) mass is 394 g/mol. The Labute approximate surface area is 165 Å². The Morgan fingerprint density at radius 2 is 1.50 bits per heavy atom. The van der Waals surface area contributed by atoms with Crippen LogP contribution in [0.4, 0.5) is 11.5 Å². The summed E-state index contributed by atoms with van der Waals surface area (Å²) in [5.41, 5.74) is 2.16. The van der Waals surface area contributed by atoms with Crippen LogP contribution >= 0.6 is 0 Å². The summed E-state index contributed by atoms with van der Waals surface area (Å²) in [4.78, 5) is 2.50. The number of anilines is 2. The number of sulfonamides is 1. The molecule has 0 atom stereocenters. The summed E-state index contributed by atoms with van der Waals surface area (Å²) >= 11 is 0. The maximum atomic E-state index is 12.4. The normalized spacial score (nSPS) is 14.6. The second kappa shape index (κ2) is 7.98. The van der Waals surface area contributed by atoms with Gasteiger partial charge in [-0.15, -0.1) is 10.2 Å². The molecule has 1 N–H and O–H groups in total. The van der Waals surface area contributed by atoms with Crippen molar-refractivity contribution < 1.29 is 8.42 Å². The van der Waals surface area contributed by atoms with E-state index in [1.165, 1.54) is 19.3 Å². The van der Waals surface area contributed by atoms with Crippen molar-refractivity contribution in [3.8, 4) is 11.3 Å². The van der Waals surface area contributed by atoms with Crippen LogP contribution in [-0.4, -0.2) is 31.7 Å². The quantitative estimate of drug-likeness (QED) is 0.709. The highest BCUT2D eigenvalue weighted by atomic mass is 32.2. The Hall–Kier alpha value is -2.93. The molecule has 1 saturated heterocycles. The van der Waals surface area contributed by atoms with Gasteiger partial charge >= 0.3 is 0 Å². The van der Waals surface area contributed by atoms with Gasteiger partial charge in [0.1, 0.15) is 0 Å². The lowest BCUT2D eigenvalue weighted by Crippen LogP contribution is -2.30. The maximum absolute atomic E-state index is 12.4. The van der Waals surface area contributed by atoms with Crippen LogP contribution in [0.5, 0.6) is 0 Å². The molecule has 3 aromatic rings. The van der Waals surface area contributed by atoms with E-state index < -0.39 is 10.0 Å². The van der Waals surface area contributed by atoms with Crippen molar-refractivity contribution >= 4 is 21.5 Å². The number of rotatable bonds is 5. The fourth-order valence-electron chi connectivity index (χ4n) is 3.29. The van der Waals surface area contributed by atoms with Gasteiger partial charge in [0.2, 0.25) is 0 Å². The Morgan fingerprint density at radius 3 is 2.14 bits per heavy atom. The number of nitrogens with one attached hydrogen (secondary N) is 1. The third kappa shape index (κ3) is 4.14. The highest BCUT2D eigenvalue weighted by Gasteiger charge is 2.14. The minimum Gasteiger partial charge on any atom is -0.355 e. The van der Waals surface area contributed by atoms with Crippen LogP contribution in [0, 0.1) is 0 Å². The fourth-order valence-corrected chi connectivity index (χ4v) is 4.37. The summed E-state index contributed by atoms with van der Waals surface area (Å²) in [5.74, 6) is 0.913. The van der Waals surface area contributed by atoms with Crippen LogP contribution in [0.15, 0.2) is 71.6 Å². The smallest absolute Gasteiger partial charge is 0.261 e. The van der Waals surface area contributed by atoms with Gasteiger partial charge in [-0.05, 0) is 55.7 Å². The van der Waals surface area contributed by atoms with Crippen LogP contribution < -0.4 is 9.62 Å². The van der Waals surface area contributed by atoms with E-state index >= 15 is 0 Å². The largest absolute Gasteiger partial charge is 0.355 e. The molecule has 0 radical (unpaired) electrons. The predicted molar refractivity (Wildman–Crippen MR) is 111 cm³/mol.